The predicted octanol–water partition coefficient (Wildman–Crippen LogP) is 0.266. The fourth-order valence-electron chi connectivity index (χ4n) is 0. The molecule has 0 fully saturated rings. The molecule has 0 saturated carbocycles. The summed E-state index contributed by atoms with van der Waals surface area (Å²) in [4.78, 5) is 0. The van der Waals surface area contributed by atoms with Gasteiger partial charge in [-0.1, -0.05) is 0 Å². The second-order valence-corrected chi connectivity index (χ2v) is 1.09. The van der Waals surface area contributed by atoms with Crippen LogP contribution in [0.25, 0.3) is 0 Å². The Morgan fingerprint density at radius 1 is 1.50 bits per heavy atom. The topological polar surface area (TPSA) is 37.3 Å². The maximum absolute atomic E-state index is 8.38. The van der Waals surface area contributed by atoms with Gasteiger partial charge >= 0.3 is 33.1 Å². The molecule has 0 radical (unpaired) electrons. The molecule has 1 N–H and O–H groups in total. The molecule has 2 nitrogen and oxygen atoms in total. The van der Waals surface area contributed by atoms with Crippen molar-refractivity contribution in [3.05, 3.63) is 0 Å². The van der Waals surface area contributed by atoms with Gasteiger partial charge in [-0.05, 0) is 13.8 Å². The van der Waals surface area contributed by atoms with Gasteiger partial charge in [-0.3, -0.25) is 0 Å². The van der Waals surface area contributed by atoms with Gasteiger partial charge < -0.3 is 5.11 Å². The molecular formula is C3H8O2Y. The van der Waals surface area contributed by atoms with Gasteiger partial charge in [-0.15, -0.1) is 0 Å². The van der Waals surface area contributed by atoms with Crippen molar-refractivity contribution >= 4 is 0 Å². The molecule has 0 atom stereocenters. The number of aliphatic hydroxyl groups is 1. The van der Waals surface area contributed by atoms with Crippen LogP contribution in [0.5, 0.6) is 0 Å². The zero-order valence-corrected chi connectivity index (χ0v) is 6.85. The van der Waals surface area contributed by atoms with Crippen molar-refractivity contribution in [1.82, 2.24) is 0 Å². The van der Waals surface area contributed by atoms with Crippen LogP contribution in [0.1, 0.15) is 13.8 Å². The molecule has 6 heavy (non-hydrogen) atoms. The van der Waals surface area contributed by atoms with Gasteiger partial charge in [0.15, 0.2) is 0 Å². The fraction of sp³-hybridized carbons (Fsp3) is 1.00. The van der Waals surface area contributed by atoms with E-state index in [1.54, 1.807) is 13.8 Å². The van der Waals surface area contributed by atoms with Crippen molar-refractivity contribution in [2.24, 2.45) is 0 Å². The zero-order chi connectivity index (χ0) is 5.58. The van der Waals surface area contributed by atoms with Crippen molar-refractivity contribution in [1.29, 1.82) is 0 Å². The van der Waals surface area contributed by atoms with Crippen LogP contribution in [0.3, 0.4) is 0 Å². The Morgan fingerprint density at radius 3 is 1.50 bits per heavy atom. The summed E-state index contributed by atoms with van der Waals surface area (Å²) in [5.41, 5.74) is 0. The molecule has 3 heteroatoms. The maximum atomic E-state index is 8.38. The van der Waals surface area contributed by atoms with Crippen molar-refractivity contribution in [3.63, 3.8) is 0 Å². The van der Waals surface area contributed by atoms with Gasteiger partial charge in [0.05, 0.1) is 0 Å². The molecule has 0 spiro atoms. The summed E-state index contributed by atoms with van der Waals surface area (Å²) < 4.78 is 8.38. The van der Waals surface area contributed by atoms with E-state index in [2.05, 4.69) is 0 Å². The van der Waals surface area contributed by atoms with Gasteiger partial charge in [-0.25, -0.2) is 0 Å². The van der Waals surface area contributed by atoms with Gasteiger partial charge in [-0.2, -0.15) is 0 Å². The van der Waals surface area contributed by atoms with Crippen LogP contribution in [-0.4, -0.2) is 11.2 Å². The summed E-state index contributed by atoms with van der Waals surface area (Å²) in [5, 5.41) is 8.06. The minimum atomic E-state index is -0.167. The fourth-order valence-corrected chi connectivity index (χ4v) is 0. The normalized spacial score (nSPS) is 7.00. The van der Waals surface area contributed by atoms with E-state index in [1.807, 2.05) is 0 Å². The number of rotatable bonds is 0. The first-order valence-corrected chi connectivity index (χ1v) is 2.81. The van der Waals surface area contributed by atoms with Gasteiger partial charge in [0.25, 0.3) is 0 Å². The molecule has 0 aliphatic carbocycles. The van der Waals surface area contributed by atoms with Crippen LogP contribution >= 0.6 is 0 Å². The summed E-state index contributed by atoms with van der Waals surface area (Å²) in [6.45, 7) is 3.44. The van der Waals surface area contributed by atoms with Gasteiger partial charge in [0, 0.05) is 6.10 Å². The Morgan fingerprint density at radius 2 is 1.50 bits per heavy atom. The molecule has 0 aliphatic heterocycles. The van der Waals surface area contributed by atoms with E-state index in [1.165, 1.54) is 0 Å². The molecule has 0 aromatic heterocycles. The Kier molecular flexibility index (Phi) is 15.4. The van der Waals surface area contributed by atoms with E-state index in [0.717, 1.165) is 0 Å². The molecule has 0 heterocycles. The van der Waals surface area contributed by atoms with Gasteiger partial charge in [0.1, 0.15) is 0 Å². The van der Waals surface area contributed by atoms with Crippen molar-refractivity contribution in [2.75, 3.05) is 0 Å². The van der Waals surface area contributed by atoms with Crippen LogP contribution < -0.4 is 0 Å². The molecule has 0 aliphatic rings. The number of aliphatic hydroxyl groups excluding tert-OH is 1. The predicted molar refractivity (Wildman–Crippen MR) is 18.0 cm³/mol. The van der Waals surface area contributed by atoms with Crippen molar-refractivity contribution < 1.29 is 38.2 Å². The molecule has 35 valence electrons. The molecule has 0 saturated heterocycles. The quantitative estimate of drug-likeness (QED) is 0.559. The monoisotopic (exact) mass is 165 g/mol. The average molecular weight is 165 g/mol. The van der Waals surface area contributed by atoms with E-state index in [0.29, 0.717) is 0 Å². The van der Waals surface area contributed by atoms with Crippen molar-refractivity contribution in [2.45, 2.75) is 20.0 Å². The van der Waals surface area contributed by atoms with Crippen LogP contribution in [0.4, 0.5) is 0 Å². The molecular weight excluding hydrogens is 157 g/mol. The molecule has 0 bridgehead atoms. The summed E-state index contributed by atoms with van der Waals surface area (Å²) in [5.74, 6) is 0. The average Bonchev–Trinajstić information content (AvgIpc) is 1.41. The third kappa shape index (κ3) is 97.3. The Bertz CT molecular complexity index is 20.0. The van der Waals surface area contributed by atoms with E-state index < -0.39 is 0 Å². The number of hydrogen-bond acceptors (Lipinski definition) is 2. The molecule has 0 unspecified atom stereocenters. The second kappa shape index (κ2) is 9.29. The first-order chi connectivity index (χ1) is 2.73. The summed E-state index contributed by atoms with van der Waals surface area (Å²) in [7, 11) is 0. The van der Waals surface area contributed by atoms with E-state index in [9.17, 15) is 0 Å². The summed E-state index contributed by atoms with van der Waals surface area (Å²) >= 11 is 0.100. The Labute approximate surface area is 58.0 Å². The van der Waals surface area contributed by atoms with Crippen LogP contribution in [-0.2, 0) is 33.1 Å². The van der Waals surface area contributed by atoms with Crippen molar-refractivity contribution in [3.8, 4) is 0 Å². The number of hydrogen-bond donors (Lipinski definition) is 1. The summed E-state index contributed by atoms with van der Waals surface area (Å²) in [6.07, 6.45) is -0.167. The third-order valence-electron chi connectivity index (χ3n) is 0. The summed E-state index contributed by atoms with van der Waals surface area (Å²) in [6, 6.07) is 0. The van der Waals surface area contributed by atoms with Crippen LogP contribution in [0.2, 0.25) is 0 Å². The Balaban J connectivity index is 0. The molecule has 0 amide bonds. The zero-order valence-electron chi connectivity index (χ0n) is 4.01. The molecule has 0 aromatic carbocycles. The third-order valence-corrected chi connectivity index (χ3v) is 0. The molecule has 0 rings (SSSR count). The first-order valence-electron chi connectivity index (χ1n) is 1.65. The second-order valence-electron chi connectivity index (χ2n) is 1.09. The first kappa shape index (κ1) is 9.98. The van der Waals surface area contributed by atoms with Crippen LogP contribution in [0, 0.1) is 0 Å². The van der Waals surface area contributed by atoms with Gasteiger partial charge in [0.2, 0.25) is 0 Å². The van der Waals surface area contributed by atoms with E-state index in [4.69, 9.17) is 7.15 Å². The standard InChI is InChI=1S/C3H8O.O.Y/c1-3(2)4;;/h3-4H,1-2H3;;. The minimum absolute atomic E-state index is 0.100. The van der Waals surface area contributed by atoms with Crippen LogP contribution in [0.15, 0.2) is 0 Å². The van der Waals surface area contributed by atoms with E-state index >= 15 is 0 Å². The van der Waals surface area contributed by atoms with E-state index in [-0.39, 0.29) is 37.1 Å². The molecule has 0 aromatic rings. The SMILES string of the molecule is CC(C)O.[O]=[Y]. The Hall–Kier alpha value is 0.864.